The fourth-order valence-electron chi connectivity index (χ4n) is 3.36. The molecule has 31 heavy (non-hydrogen) atoms. The Balaban J connectivity index is 1.77. The SMILES string of the molecule is Cc1ccc(S(=O)(=O)N2CCOc3ccc(-c4cc(F)cc(OC(F)F)c4)cc32)cc1. The van der Waals surface area contributed by atoms with E-state index in [2.05, 4.69) is 4.74 Å². The van der Waals surface area contributed by atoms with Crippen LogP contribution in [0, 0.1) is 12.7 Å². The van der Waals surface area contributed by atoms with Crippen LogP contribution >= 0.6 is 0 Å². The summed E-state index contributed by atoms with van der Waals surface area (Å²) in [5.41, 5.74) is 1.89. The predicted molar refractivity (Wildman–Crippen MR) is 110 cm³/mol. The van der Waals surface area contributed by atoms with E-state index >= 15 is 0 Å². The molecule has 0 unspecified atom stereocenters. The zero-order valence-electron chi connectivity index (χ0n) is 16.4. The molecule has 1 aliphatic rings. The maximum atomic E-state index is 14.0. The number of benzene rings is 3. The van der Waals surface area contributed by atoms with E-state index < -0.39 is 22.5 Å². The number of rotatable bonds is 5. The van der Waals surface area contributed by atoms with Crippen molar-refractivity contribution in [1.29, 1.82) is 0 Å². The first-order chi connectivity index (χ1) is 14.7. The summed E-state index contributed by atoms with van der Waals surface area (Å²) in [6, 6.07) is 14.5. The van der Waals surface area contributed by atoms with Gasteiger partial charge in [0.25, 0.3) is 10.0 Å². The highest BCUT2D eigenvalue weighted by atomic mass is 32.2. The average molecular weight is 449 g/mol. The second-order valence-electron chi connectivity index (χ2n) is 6.98. The molecule has 162 valence electrons. The van der Waals surface area contributed by atoms with Crippen LogP contribution in [0.15, 0.2) is 65.6 Å². The molecule has 0 saturated carbocycles. The highest BCUT2D eigenvalue weighted by Gasteiger charge is 2.30. The van der Waals surface area contributed by atoms with Crippen molar-refractivity contribution in [2.75, 3.05) is 17.5 Å². The van der Waals surface area contributed by atoms with Crippen molar-refractivity contribution in [1.82, 2.24) is 0 Å². The summed E-state index contributed by atoms with van der Waals surface area (Å²) in [7, 11) is -3.87. The lowest BCUT2D eigenvalue weighted by Gasteiger charge is -2.31. The van der Waals surface area contributed by atoms with Gasteiger partial charge in [0.05, 0.1) is 17.1 Å². The minimum atomic E-state index is -3.87. The molecule has 4 rings (SSSR count). The first-order valence-corrected chi connectivity index (χ1v) is 10.8. The molecule has 0 aliphatic carbocycles. The molecule has 0 fully saturated rings. The van der Waals surface area contributed by atoms with Crippen LogP contribution in [-0.4, -0.2) is 28.2 Å². The molecule has 1 heterocycles. The zero-order valence-corrected chi connectivity index (χ0v) is 17.2. The molecule has 0 amide bonds. The monoisotopic (exact) mass is 449 g/mol. The van der Waals surface area contributed by atoms with Crippen LogP contribution in [0.1, 0.15) is 5.56 Å². The summed E-state index contributed by atoms with van der Waals surface area (Å²) in [5, 5.41) is 0. The van der Waals surface area contributed by atoms with Gasteiger partial charge in [0.15, 0.2) is 0 Å². The summed E-state index contributed by atoms with van der Waals surface area (Å²) >= 11 is 0. The minimum Gasteiger partial charge on any atom is -0.489 e. The van der Waals surface area contributed by atoms with Gasteiger partial charge >= 0.3 is 6.61 Å². The first kappa shape index (κ1) is 21.0. The number of sulfonamides is 1. The first-order valence-electron chi connectivity index (χ1n) is 9.36. The van der Waals surface area contributed by atoms with Gasteiger partial charge in [-0.05, 0) is 54.4 Å². The van der Waals surface area contributed by atoms with Crippen LogP contribution in [-0.2, 0) is 10.0 Å². The zero-order chi connectivity index (χ0) is 22.2. The number of hydrogen-bond acceptors (Lipinski definition) is 4. The third-order valence-electron chi connectivity index (χ3n) is 4.82. The Morgan fingerprint density at radius 2 is 1.74 bits per heavy atom. The van der Waals surface area contributed by atoms with Crippen LogP contribution in [0.3, 0.4) is 0 Å². The number of aryl methyl sites for hydroxylation is 1. The summed E-state index contributed by atoms with van der Waals surface area (Å²) in [6.45, 7) is -0.974. The van der Waals surface area contributed by atoms with Gasteiger partial charge in [-0.3, -0.25) is 4.31 Å². The lowest BCUT2D eigenvalue weighted by Crippen LogP contribution is -2.37. The second-order valence-corrected chi connectivity index (χ2v) is 8.84. The van der Waals surface area contributed by atoms with Crippen molar-refractivity contribution in [3.8, 4) is 22.6 Å². The van der Waals surface area contributed by atoms with E-state index in [9.17, 15) is 21.6 Å². The third kappa shape index (κ3) is 4.32. The van der Waals surface area contributed by atoms with Crippen LogP contribution < -0.4 is 13.8 Å². The normalized spacial score (nSPS) is 13.6. The maximum absolute atomic E-state index is 14.0. The van der Waals surface area contributed by atoms with Crippen molar-refractivity contribution in [3.05, 3.63) is 72.0 Å². The van der Waals surface area contributed by atoms with Gasteiger partial charge < -0.3 is 9.47 Å². The van der Waals surface area contributed by atoms with Crippen LogP contribution in [0.2, 0.25) is 0 Å². The van der Waals surface area contributed by atoms with E-state index in [1.54, 1.807) is 24.3 Å². The second kappa shape index (κ2) is 8.14. The van der Waals surface area contributed by atoms with Gasteiger partial charge in [-0.15, -0.1) is 0 Å². The Labute approximate surface area is 177 Å². The number of hydrogen-bond donors (Lipinski definition) is 0. The predicted octanol–water partition coefficient (Wildman–Crippen LogP) is 4.99. The topological polar surface area (TPSA) is 55.8 Å². The fourth-order valence-corrected chi connectivity index (χ4v) is 4.81. The number of ether oxygens (including phenoxy) is 2. The molecule has 0 bridgehead atoms. The number of fused-ring (bicyclic) bond motifs is 1. The Kier molecular flexibility index (Phi) is 5.53. The smallest absolute Gasteiger partial charge is 0.387 e. The summed E-state index contributed by atoms with van der Waals surface area (Å²) < 4.78 is 76.7. The minimum absolute atomic E-state index is 0.0928. The summed E-state index contributed by atoms with van der Waals surface area (Å²) in [5.74, 6) is -0.736. The summed E-state index contributed by atoms with van der Waals surface area (Å²) in [6.07, 6.45) is 0. The molecule has 3 aromatic carbocycles. The Hall–Kier alpha value is -3.20. The maximum Gasteiger partial charge on any atom is 0.387 e. The van der Waals surface area contributed by atoms with Crippen LogP contribution in [0.25, 0.3) is 11.1 Å². The van der Waals surface area contributed by atoms with Gasteiger partial charge in [-0.2, -0.15) is 8.78 Å². The van der Waals surface area contributed by atoms with E-state index in [0.717, 1.165) is 17.7 Å². The number of nitrogens with zero attached hydrogens (tertiary/aromatic N) is 1. The molecule has 9 heteroatoms. The van der Waals surface area contributed by atoms with Crippen molar-refractivity contribution in [2.45, 2.75) is 18.4 Å². The standard InChI is InChI=1S/C22H18F3NO4S/c1-14-2-5-19(6-3-14)31(27,28)26-8-9-29-21-7-4-15(12-20(21)26)16-10-17(23)13-18(11-16)30-22(24)25/h2-7,10-13,22H,8-9H2,1H3. The van der Waals surface area contributed by atoms with Gasteiger partial charge in [-0.1, -0.05) is 23.8 Å². The molecule has 0 aromatic heterocycles. The molecule has 5 nitrogen and oxygen atoms in total. The Bertz CT molecular complexity index is 1210. The van der Waals surface area contributed by atoms with Crippen molar-refractivity contribution in [2.24, 2.45) is 0 Å². The number of alkyl halides is 2. The van der Waals surface area contributed by atoms with Gasteiger partial charge in [0, 0.05) is 6.07 Å². The molecule has 0 N–H and O–H groups in total. The van der Waals surface area contributed by atoms with Crippen LogP contribution in [0.4, 0.5) is 18.9 Å². The molecule has 0 saturated heterocycles. The van der Waals surface area contributed by atoms with Gasteiger partial charge in [-0.25, -0.2) is 12.8 Å². The fraction of sp³-hybridized carbons (Fsp3) is 0.182. The third-order valence-corrected chi connectivity index (χ3v) is 6.65. The van der Waals surface area contributed by atoms with E-state index in [1.807, 2.05) is 6.92 Å². The number of halogens is 3. The van der Waals surface area contributed by atoms with E-state index in [4.69, 9.17) is 4.74 Å². The van der Waals surface area contributed by atoms with E-state index in [1.165, 1.54) is 28.6 Å². The highest BCUT2D eigenvalue weighted by Crippen LogP contribution is 2.39. The Morgan fingerprint density at radius 3 is 2.45 bits per heavy atom. The average Bonchev–Trinajstić information content (AvgIpc) is 2.72. The number of anilines is 1. The van der Waals surface area contributed by atoms with E-state index in [0.29, 0.717) is 11.3 Å². The van der Waals surface area contributed by atoms with Gasteiger partial charge in [0.2, 0.25) is 0 Å². The largest absolute Gasteiger partial charge is 0.489 e. The van der Waals surface area contributed by atoms with E-state index in [-0.39, 0.29) is 35.0 Å². The summed E-state index contributed by atoms with van der Waals surface area (Å²) in [4.78, 5) is 0.134. The molecule has 1 aliphatic heterocycles. The van der Waals surface area contributed by atoms with Crippen molar-refractivity contribution in [3.63, 3.8) is 0 Å². The molecule has 0 atom stereocenters. The molecular formula is C22H18F3NO4S. The van der Waals surface area contributed by atoms with Crippen molar-refractivity contribution >= 4 is 15.7 Å². The molecule has 0 spiro atoms. The molecular weight excluding hydrogens is 431 g/mol. The van der Waals surface area contributed by atoms with Gasteiger partial charge in [0.1, 0.15) is 23.9 Å². The highest BCUT2D eigenvalue weighted by molar-refractivity contribution is 7.92. The molecule has 3 aromatic rings. The lowest BCUT2D eigenvalue weighted by atomic mass is 10.0. The lowest BCUT2D eigenvalue weighted by molar-refractivity contribution is -0.0499. The Morgan fingerprint density at radius 1 is 1.00 bits per heavy atom. The quantitative estimate of drug-likeness (QED) is 0.551. The van der Waals surface area contributed by atoms with Crippen LogP contribution in [0.5, 0.6) is 11.5 Å². The van der Waals surface area contributed by atoms with Crippen molar-refractivity contribution < 1.29 is 31.1 Å². The molecule has 0 radical (unpaired) electrons.